The van der Waals surface area contributed by atoms with Gasteiger partial charge in [0, 0.05) is 50.0 Å². The smallest absolute Gasteiger partial charge is 0.410 e. The highest BCUT2D eigenvalue weighted by atomic mass is 19.1. The molecule has 12 heteroatoms. The molecule has 2 atom stereocenters. The van der Waals surface area contributed by atoms with Crippen LogP contribution in [0.2, 0.25) is 0 Å². The SMILES string of the molecule is C=C(F)C(=O)N1CC(OC(=O)N2CC3CCC(C2)C3Nc2cc(NC3CCOCC3)nc3c(C(C)C)cnn23)C1. The van der Waals surface area contributed by atoms with E-state index in [0.717, 1.165) is 61.7 Å². The normalized spacial score (nSPS) is 25.2. The number of fused-ring (bicyclic) bond motifs is 3. The molecule has 40 heavy (non-hydrogen) atoms. The number of carbonyl (C=O) groups is 2. The summed E-state index contributed by atoms with van der Waals surface area (Å²) in [5.74, 6) is 0.834. The van der Waals surface area contributed by atoms with E-state index in [2.05, 4.69) is 42.2 Å². The molecule has 2 unspecified atom stereocenters. The Balaban J connectivity index is 1.13. The second kappa shape index (κ2) is 10.9. The van der Waals surface area contributed by atoms with Crippen molar-refractivity contribution in [2.75, 3.05) is 50.0 Å². The van der Waals surface area contributed by atoms with E-state index in [1.165, 1.54) is 4.90 Å². The monoisotopic (exact) mass is 555 g/mol. The number of hydrogen-bond donors (Lipinski definition) is 2. The quantitative estimate of drug-likeness (QED) is 0.500. The van der Waals surface area contributed by atoms with Gasteiger partial charge in [-0.05, 0) is 43.4 Å². The van der Waals surface area contributed by atoms with Crippen molar-refractivity contribution in [3.8, 4) is 0 Å². The molecule has 1 saturated carbocycles. The summed E-state index contributed by atoms with van der Waals surface area (Å²) in [5, 5.41) is 12.1. The first-order valence-corrected chi connectivity index (χ1v) is 14.4. The van der Waals surface area contributed by atoms with E-state index in [1.807, 2.05) is 10.7 Å². The first-order valence-electron chi connectivity index (χ1n) is 14.4. The zero-order chi connectivity index (χ0) is 28.0. The molecule has 4 aliphatic rings. The maximum atomic E-state index is 13.1. The molecule has 5 heterocycles. The van der Waals surface area contributed by atoms with Crippen molar-refractivity contribution < 1.29 is 23.5 Å². The Morgan fingerprint density at radius 2 is 1.77 bits per heavy atom. The van der Waals surface area contributed by atoms with Gasteiger partial charge in [0.2, 0.25) is 0 Å². The van der Waals surface area contributed by atoms with Crippen LogP contribution in [0.4, 0.5) is 20.8 Å². The number of carbonyl (C=O) groups excluding carboxylic acids is 2. The van der Waals surface area contributed by atoms with E-state index in [4.69, 9.17) is 14.5 Å². The standard InChI is InChI=1S/C28H38FN7O4/c1-16(2)22-11-30-36-24(10-23(32-26(22)36)31-20-6-8-39-9-7-20)33-25-18-4-5-19(25)13-35(12-18)28(38)40-21-14-34(15-21)27(37)17(3)29/h10-11,16,18-21,25,33H,3-9,12-15H2,1-2H3,(H,31,32). The minimum absolute atomic E-state index is 0.197. The minimum Gasteiger partial charge on any atom is -0.442 e. The highest BCUT2D eigenvalue weighted by molar-refractivity contribution is 5.91. The lowest BCUT2D eigenvalue weighted by Gasteiger charge is -2.41. The molecule has 4 fully saturated rings. The van der Waals surface area contributed by atoms with E-state index >= 15 is 0 Å². The average molecular weight is 556 g/mol. The Bertz CT molecular complexity index is 1270. The molecule has 11 nitrogen and oxygen atoms in total. The van der Waals surface area contributed by atoms with Gasteiger partial charge in [0.15, 0.2) is 11.5 Å². The number of likely N-dealkylation sites (tertiary alicyclic amines) is 2. The van der Waals surface area contributed by atoms with Crippen molar-refractivity contribution in [1.82, 2.24) is 24.4 Å². The number of aromatic nitrogens is 3. The fourth-order valence-electron chi connectivity index (χ4n) is 6.46. The van der Waals surface area contributed by atoms with Gasteiger partial charge in [-0.2, -0.15) is 9.61 Å². The summed E-state index contributed by atoms with van der Waals surface area (Å²) >= 11 is 0. The number of nitrogens with zero attached hydrogens (tertiary/aromatic N) is 5. The summed E-state index contributed by atoms with van der Waals surface area (Å²) < 4.78 is 26.1. The maximum Gasteiger partial charge on any atom is 0.410 e. The van der Waals surface area contributed by atoms with Gasteiger partial charge in [-0.1, -0.05) is 20.4 Å². The van der Waals surface area contributed by atoms with Gasteiger partial charge in [0.25, 0.3) is 5.91 Å². The van der Waals surface area contributed by atoms with E-state index in [9.17, 15) is 14.0 Å². The van der Waals surface area contributed by atoms with Gasteiger partial charge >= 0.3 is 6.09 Å². The van der Waals surface area contributed by atoms with E-state index in [0.29, 0.717) is 25.0 Å². The molecule has 216 valence electrons. The fourth-order valence-corrected chi connectivity index (χ4v) is 6.46. The Labute approximate surface area is 233 Å². The topological polar surface area (TPSA) is 113 Å². The van der Waals surface area contributed by atoms with Crippen molar-refractivity contribution in [2.45, 2.75) is 63.6 Å². The number of rotatable bonds is 7. The lowest BCUT2D eigenvalue weighted by molar-refractivity contribution is -0.139. The van der Waals surface area contributed by atoms with Gasteiger partial charge in [-0.3, -0.25) is 4.79 Å². The van der Waals surface area contributed by atoms with Crippen LogP contribution in [-0.2, 0) is 14.3 Å². The van der Waals surface area contributed by atoms with Crippen LogP contribution in [-0.4, -0.2) is 94.0 Å². The third-order valence-corrected chi connectivity index (χ3v) is 8.74. The maximum absolute atomic E-state index is 13.1. The number of piperidine rings is 1. The van der Waals surface area contributed by atoms with Crippen molar-refractivity contribution in [3.63, 3.8) is 0 Å². The lowest BCUT2D eigenvalue weighted by atomic mass is 9.92. The molecule has 0 spiro atoms. The highest BCUT2D eigenvalue weighted by Gasteiger charge is 2.45. The van der Waals surface area contributed by atoms with Crippen LogP contribution >= 0.6 is 0 Å². The van der Waals surface area contributed by atoms with Crippen LogP contribution in [0.5, 0.6) is 0 Å². The summed E-state index contributed by atoms with van der Waals surface area (Å²) in [7, 11) is 0. The molecule has 1 aliphatic carbocycles. The predicted molar refractivity (Wildman–Crippen MR) is 147 cm³/mol. The van der Waals surface area contributed by atoms with Crippen LogP contribution in [0.3, 0.4) is 0 Å². The number of ether oxygens (including phenoxy) is 2. The van der Waals surface area contributed by atoms with Crippen LogP contribution in [0.1, 0.15) is 51.0 Å². The Morgan fingerprint density at radius 3 is 2.42 bits per heavy atom. The van der Waals surface area contributed by atoms with Crippen molar-refractivity contribution in [1.29, 1.82) is 0 Å². The molecule has 3 aliphatic heterocycles. The summed E-state index contributed by atoms with van der Waals surface area (Å²) in [6.07, 6.45) is 5.07. The first kappa shape index (κ1) is 26.8. The number of anilines is 2. The van der Waals surface area contributed by atoms with Gasteiger partial charge < -0.3 is 29.9 Å². The Morgan fingerprint density at radius 1 is 1.07 bits per heavy atom. The molecule has 2 amide bonds. The molecule has 2 aromatic heterocycles. The van der Waals surface area contributed by atoms with Gasteiger partial charge in [0.1, 0.15) is 17.7 Å². The molecule has 2 aromatic rings. The van der Waals surface area contributed by atoms with Gasteiger partial charge in [-0.25, -0.2) is 14.2 Å². The highest BCUT2D eigenvalue weighted by Crippen LogP contribution is 2.39. The number of halogens is 1. The van der Waals surface area contributed by atoms with Crippen LogP contribution in [0.15, 0.2) is 24.7 Å². The van der Waals surface area contributed by atoms with Crippen LogP contribution in [0.25, 0.3) is 5.65 Å². The number of hydrogen-bond acceptors (Lipinski definition) is 8. The van der Waals surface area contributed by atoms with Crippen molar-refractivity contribution in [3.05, 3.63) is 30.2 Å². The zero-order valence-corrected chi connectivity index (χ0v) is 23.1. The molecule has 3 saturated heterocycles. The van der Waals surface area contributed by atoms with E-state index in [1.54, 1.807) is 4.90 Å². The summed E-state index contributed by atoms with van der Waals surface area (Å²) in [6.45, 7) is 10.4. The van der Waals surface area contributed by atoms with Crippen LogP contribution < -0.4 is 10.6 Å². The summed E-state index contributed by atoms with van der Waals surface area (Å²) in [4.78, 5) is 32.6. The number of nitrogens with one attached hydrogen (secondary N) is 2. The third-order valence-electron chi connectivity index (χ3n) is 8.74. The Hall–Kier alpha value is -3.41. The second-order valence-electron chi connectivity index (χ2n) is 11.8. The average Bonchev–Trinajstić information content (AvgIpc) is 3.42. The summed E-state index contributed by atoms with van der Waals surface area (Å²) in [5.41, 5.74) is 1.96. The molecule has 2 N–H and O–H groups in total. The molecule has 0 aromatic carbocycles. The van der Waals surface area contributed by atoms with Crippen LogP contribution in [0, 0.1) is 11.8 Å². The largest absolute Gasteiger partial charge is 0.442 e. The Kier molecular flexibility index (Phi) is 7.28. The lowest BCUT2D eigenvalue weighted by Crippen LogP contribution is -2.57. The van der Waals surface area contributed by atoms with Gasteiger partial charge in [-0.15, -0.1) is 0 Å². The predicted octanol–water partition coefficient (Wildman–Crippen LogP) is 3.40. The first-order chi connectivity index (χ1) is 19.3. The molecule has 2 bridgehead atoms. The van der Waals surface area contributed by atoms with E-state index in [-0.39, 0.29) is 37.1 Å². The number of amides is 2. The van der Waals surface area contributed by atoms with Crippen molar-refractivity contribution in [2.24, 2.45) is 11.8 Å². The van der Waals surface area contributed by atoms with Crippen molar-refractivity contribution >= 4 is 29.3 Å². The molecular weight excluding hydrogens is 517 g/mol. The summed E-state index contributed by atoms with van der Waals surface area (Å²) in [6, 6.07) is 2.57. The fraction of sp³-hybridized carbons (Fsp3) is 0.643. The second-order valence-corrected chi connectivity index (χ2v) is 11.8. The molecular formula is C28H38FN7O4. The molecule has 6 rings (SSSR count). The third kappa shape index (κ3) is 5.21. The van der Waals surface area contributed by atoms with E-state index < -0.39 is 17.8 Å². The zero-order valence-electron chi connectivity index (χ0n) is 23.1. The molecule has 0 radical (unpaired) electrons. The minimum atomic E-state index is -0.996. The van der Waals surface area contributed by atoms with Gasteiger partial charge in [0.05, 0.1) is 19.3 Å².